The number of esters is 1. The third-order valence-corrected chi connectivity index (χ3v) is 4.79. The number of rotatable bonds is 6. The van der Waals surface area contributed by atoms with Gasteiger partial charge in [0.25, 0.3) is 9.05 Å². The second-order valence-electron chi connectivity index (χ2n) is 5.19. The topological polar surface area (TPSA) is 60.4 Å². The van der Waals surface area contributed by atoms with Crippen LogP contribution in [0, 0.1) is 12.8 Å². The molecule has 0 N–H and O–H groups in total. The van der Waals surface area contributed by atoms with E-state index in [2.05, 4.69) is 13.8 Å². The van der Waals surface area contributed by atoms with E-state index in [1.54, 1.807) is 0 Å². The minimum Gasteiger partial charge on any atom is -0.462 e. The first kappa shape index (κ1) is 18.3. The number of ether oxygens (including phenoxy) is 1. The SMILES string of the molecule is Cc1c(Cl)cc(C(=O)OCCCC(C)C)cc1S(=O)(=O)Cl. The largest absolute Gasteiger partial charge is 0.462 e. The van der Waals surface area contributed by atoms with Crippen LogP contribution in [-0.2, 0) is 13.8 Å². The molecule has 0 bridgehead atoms. The summed E-state index contributed by atoms with van der Waals surface area (Å²) >= 11 is 5.94. The van der Waals surface area contributed by atoms with Crippen molar-refractivity contribution in [3.8, 4) is 0 Å². The highest BCUT2D eigenvalue weighted by Crippen LogP contribution is 2.28. The third kappa shape index (κ3) is 5.49. The van der Waals surface area contributed by atoms with Gasteiger partial charge in [0.15, 0.2) is 0 Å². The molecule has 0 aliphatic rings. The van der Waals surface area contributed by atoms with Gasteiger partial charge in [-0.25, -0.2) is 13.2 Å². The van der Waals surface area contributed by atoms with E-state index in [0.29, 0.717) is 11.5 Å². The molecule has 0 aromatic heterocycles. The predicted octanol–water partition coefficient (Wildman–Crippen LogP) is 4.17. The number of hydrogen-bond donors (Lipinski definition) is 0. The van der Waals surface area contributed by atoms with Crippen molar-refractivity contribution in [3.05, 3.63) is 28.3 Å². The zero-order valence-electron chi connectivity index (χ0n) is 12.2. The Morgan fingerprint density at radius 3 is 2.48 bits per heavy atom. The first-order chi connectivity index (χ1) is 9.62. The molecule has 1 aromatic rings. The van der Waals surface area contributed by atoms with Gasteiger partial charge in [-0.2, -0.15) is 0 Å². The van der Waals surface area contributed by atoms with Gasteiger partial charge in [-0.1, -0.05) is 25.4 Å². The summed E-state index contributed by atoms with van der Waals surface area (Å²) in [4.78, 5) is 11.7. The molecule has 0 aliphatic carbocycles. The fourth-order valence-corrected chi connectivity index (χ4v) is 3.26. The van der Waals surface area contributed by atoms with Gasteiger partial charge in [-0.15, -0.1) is 0 Å². The fourth-order valence-electron chi connectivity index (χ4n) is 1.76. The summed E-state index contributed by atoms with van der Waals surface area (Å²) in [5.74, 6) is -0.0762. The van der Waals surface area contributed by atoms with Crippen molar-refractivity contribution < 1.29 is 17.9 Å². The number of carbonyl (C=O) groups is 1. The zero-order valence-corrected chi connectivity index (χ0v) is 14.5. The summed E-state index contributed by atoms with van der Waals surface area (Å²) in [5.41, 5.74) is 0.386. The van der Waals surface area contributed by atoms with Crippen molar-refractivity contribution in [3.63, 3.8) is 0 Å². The summed E-state index contributed by atoms with van der Waals surface area (Å²) in [6.45, 7) is 5.97. The van der Waals surface area contributed by atoms with Crippen molar-refractivity contribution in [2.75, 3.05) is 6.61 Å². The number of halogens is 2. The molecule has 0 saturated carbocycles. The van der Waals surface area contributed by atoms with Crippen molar-refractivity contribution in [1.29, 1.82) is 0 Å². The molecule has 1 aromatic carbocycles. The Labute approximate surface area is 134 Å². The molecule has 0 atom stereocenters. The lowest BCUT2D eigenvalue weighted by Gasteiger charge is -2.09. The van der Waals surface area contributed by atoms with E-state index in [1.165, 1.54) is 19.1 Å². The quantitative estimate of drug-likeness (QED) is 0.438. The van der Waals surface area contributed by atoms with Gasteiger partial charge in [0.1, 0.15) is 0 Å². The van der Waals surface area contributed by atoms with Crippen molar-refractivity contribution in [2.45, 2.75) is 38.5 Å². The van der Waals surface area contributed by atoms with E-state index in [4.69, 9.17) is 27.0 Å². The summed E-state index contributed by atoms with van der Waals surface area (Å²) in [6.07, 6.45) is 1.70. The second kappa shape index (κ2) is 7.47. The smallest absolute Gasteiger partial charge is 0.338 e. The fraction of sp³-hybridized carbons (Fsp3) is 0.500. The lowest BCUT2D eigenvalue weighted by atomic mass is 10.1. The minimum atomic E-state index is -3.97. The van der Waals surface area contributed by atoms with Crippen LogP contribution in [0.5, 0.6) is 0 Å². The van der Waals surface area contributed by atoms with Crippen molar-refractivity contribution in [1.82, 2.24) is 0 Å². The van der Waals surface area contributed by atoms with Crippen LogP contribution in [-0.4, -0.2) is 21.0 Å². The maximum atomic E-state index is 11.9. The first-order valence-electron chi connectivity index (χ1n) is 6.55. The first-order valence-corrected chi connectivity index (χ1v) is 9.23. The Hall–Kier alpha value is -0.780. The van der Waals surface area contributed by atoms with Gasteiger partial charge >= 0.3 is 5.97 Å². The average molecular weight is 353 g/mol. The van der Waals surface area contributed by atoms with E-state index >= 15 is 0 Å². The standard InChI is InChI=1S/C14H18Cl2O4S/c1-9(2)5-4-6-20-14(17)11-7-12(15)10(3)13(8-11)21(16,18)19/h7-9H,4-6H2,1-3H3. The zero-order chi connectivity index (χ0) is 16.2. The number of carbonyl (C=O) groups excluding carboxylic acids is 1. The molecular weight excluding hydrogens is 335 g/mol. The summed E-state index contributed by atoms with van der Waals surface area (Å²) in [6, 6.07) is 2.57. The lowest BCUT2D eigenvalue weighted by Crippen LogP contribution is -2.09. The Bertz CT molecular complexity index is 624. The Balaban J connectivity index is 2.89. The van der Waals surface area contributed by atoms with Gasteiger partial charge in [0, 0.05) is 15.7 Å². The maximum absolute atomic E-state index is 11.9. The van der Waals surface area contributed by atoms with Crippen LogP contribution in [0.3, 0.4) is 0 Å². The summed E-state index contributed by atoms with van der Waals surface area (Å²) in [7, 11) is 1.37. The molecule has 0 spiro atoms. The Morgan fingerprint density at radius 1 is 1.33 bits per heavy atom. The van der Waals surface area contributed by atoms with Gasteiger partial charge in [-0.05, 0) is 43.4 Å². The molecule has 0 aliphatic heterocycles. The third-order valence-electron chi connectivity index (χ3n) is 2.95. The van der Waals surface area contributed by atoms with Crippen LogP contribution >= 0.6 is 22.3 Å². The summed E-state index contributed by atoms with van der Waals surface area (Å²) in [5, 5.41) is 0.158. The van der Waals surface area contributed by atoms with Crippen LogP contribution in [0.1, 0.15) is 42.6 Å². The van der Waals surface area contributed by atoms with Crippen LogP contribution in [0.25, 0.3) is 0 Å². The van der Waals surface area contributed by atoms with E-state index in [9.17, 15) is 13.2 Å². The number of benzene rings is 1. The molecule has 0 amide bonds. The Kier molecular flexibility index (Phi) is 6.50. The van der Waals surface area contributed by atoms with Gasteiger partial charge in [0.05, 0.1) is 17.1 Å². The average Bonchev–Trinajstić information content (AvgIpc) is 2.35. The molecule has 1 rings (SSSR count). The van der Waals surface area contributed by atoms with Gasteiger partial charge in [0.2, 0.25) is 0 Å². The second-order valence-corrected chi connectivity index (χ2v) is 8.13. The molecule has 118 valence electrons. The van der Waals surface area contributed by atoms with E-state index in [0.717, 1.165) is 12.8 Å². The van der Waals surface area contributed by atoms with Crippen LogP contribution in [0.2, 0.25) is 5.02 Å². The highest BCUT2D eigenvalue weighted by molar-refractivity contribution is 8.13. The normalized spacial score (nSPS) is 11.7. The van der Waals surface area contributed by atoms with Gasteiger partial charge < -0.3 is 4.74 Å². The molecule has 7 heteroatoms. The van der Waals surface area contributed by atoms with Crippen LogP contribution in [0.4, 0.5) is 0 Å². The van der Waals surface area contributed by atoms with E-state index in [-0.39, 0.29) is 22.1 Å². The monoisotopic (exact) mass is 352 g/mol. The molecule has 0 unspecified atom stereocenters. The molecular formula is C14H18Cl2O4S. The molecule has 0 heterocycles. The summed E-state index contributed by atoms with van der Waals surface area (Å²) < 4.78 is 28.0. The lowest BCUT2D eigenvalue weighted by molar-refractivity contribution is 0.0494. The Morgan fingerprint density at radius 2 is 1.95 bits per heavy atom. The molecule has 0 fully saturated rings. The van der Waals surface area contributed by atoms with Crippen molar-refractivity contribution >= 4 is 37.3 Å². The minimum absolute atomic E-state index is 0.0781. The van der Waals surface area contributed by atoms with Crippen LogP contribution in [0.15, 0.2) is 17.0 Å². The highest BCUT2D eigenvalue weighted by Gasteiger charge is 2.20. The molecule has 21 heavy (non-hydrogen) atoms. The predicted molar refractivity (Wildman–Crippen MR) is 83.6 cm³/mol. The molecule has 0 radical (unpaired) electrons. The maximum Gasteiger partial charge on any atom is 0.338 e. The molecule has 0 saturated heterocycles. The van der Waals surface area contributed by atoms with E-state index in [1.807, 2.05) is 0 Å². The van der Waals surface area contributed by atoms with Crippen molar-refractivity contribution in [2.24, 2.45) is 5.92 Å². The van der Waals surface area contributed by atoms with E-state index < -0.39 is 15.0 Å². The van der Waals surface area contributed by atoms with Crippen LogP contribution < -0.4 is 0 Å². The number of hydrogen-bond acceptors (Lipinski definition) is 4. The highest BCUT2D eigenvalue weighted by atomic mass is 35.7. The van der Waals surface area contributed by atoms with Gasteiger partial charge in [-0.3, -0.25) is 0 Å². The molecule has 4 nitrogen and oxygen atoms in total.